The van der Waals surface area contributed by atoms with Crippen molar-refractivity contribution in [2.75, 3.05) is 33.8 Å². The van der Waals surface area contributed by atoms with Gasteiger partial charge in [0.1, 0.15) is 0 Å². The summed E-state index contributed by atoms with van der Waals surface area (Å²) < 4.78 is 4.54. The van der Waals surface area contributed by atoms with Crippen LogP contribution in [-0.4, -0.2) is 50.6 Å². The molecule has 0 radical (unpaired) electrons. The maximum atomic E-state index is 11.9. The second-order valence-electron chi connectivity index (χ2n) is 4.24. The van der Waals surface area contributed by atoms with Crippen LogP contribution in [-0.2, 0) is 14.3 Å². The number of methoxy groups -OCH3 is 1. The van der Waals surface area contributed by atoms with Gasteiger partial charge >= 0.3 is 5.97 Å². The summed E-state index contributed by atoms with van der Waals surface area (Å²) in [6.07, 6.45) is 0.987. The third-order valence-electron chi connectivity index (χ3n) is 2.98. The smallest absolute Gasteiger partial charge is 0.305 e. The topological polar surface area (TPSA) is 58.6 Å². The Morgan fingerprint density at radius 2 is 2.06 bits per heavy atom. The Bertz CT molecular complexity index is 331. The van der Waals surface area contributed by atoms with Crippen LogP contribution in [0.25, 0.3) is 0 Å². The lowest BCUT2D eigenvalue weighted by molar-refractivity contribution is -0.141. The Balaban J connectivity index is 2.34. The minimum Gasteiger partial charge on any atom is -0.469 e. The Hall–Kier alpha value is -1.36. The van der Waals surface area contributed by atoms with Crippen LogP contribution in [0.3, 0.4) is 0 Å². The molecule has 0 saturated carbocycles. The second-order valence-corrected chi connectivity index (χ2v) is 4.24. The van der Waals surface area contributed by atoms with Gasteiger partial charge in [0.15, 0.2) is 0 Å². The van der Waals surface area contributed by atoms with E-state index in [4.69, 9.17) is 0 Å². The van der Waals surface area contributed by atoms with Crippen LogP contribution >= 0.6 is 0 Å². The Kier molecular flexibility index (Phi) is 5.15. The molecule has 1 saturated heterocycles. The molecule has 1 amide bonds. The molecule has 1 aliphatic heterocycles. The summed E-state index contributed by atoms with van der Waals surface area (Å²) >= 11 is 0. The molecular formula is C12H20N2O3. The molecule has 1 rings (SSSR count). The zero-order valence-electron chi connectivity index (χ0n) is 10.7. The zero-order chi connectivity index (χ0) is 12.8. The van der Waals surface area contributed by atoms with Crippen LogP contribution in [0.4, 0.5) is 0 Å². The van der Waals surface area contributed by atoms with Crippen LogP contribution in [0.5, 0.6) is 0 Å². The molecule has 0 aromatic rings. The quantitative estimate of drug-likeness (QED) is 0.555. The molecule has 5 nitrogen and oxygen atoms in total. The molecule has 0 aromatic carbocycles. The van der Waals surface area contributed by atoms with Gasteiger partial charge in [-0.2, -0.15) is 0 Å². The van der Waals surface area contributed by atoms with Gasteiger partial charge in [-0.3, -0.25) is 9.59 Å². The molecule has 1 heterocycles. The monoisotopic (exact) mass is 240 g/mol. The fourth-order valence-corrected chi connectivity index (χ4v) is 1.62. The minimum absolute atomic E-state index is 0.0476. The lowest BCUT2D eigenvalue weighted by Gasteiger charge is -2.24. The third kappa shape index (κ3) is 3.85. The van der Waals surface area contributed by atoms with Gasteiger partial charge in [-0.15, -0.1) is 0 Å². The number of carbonyl (C=O) groups excluding carboxylic acids is 2. The normalized spacial score (nSPS) is 13.9. The van der Waals surface area contributed by atoms with Crippen molar-refractivity contribution in [2.45, 2.75) is 19.8 Å². The number of likely N-dealkylation sites (N-methyl/N-ethyl adjacent to an activating group) is 1. The summed E-state index contributed by atoms with van der Waals surface area (Å²) in [4.78, 5) is 24.5. The predicted molar refractivity (Wildman–Crippen MR) is 64.5 cm³/mol. The molecule has 1 N–H and O–H groups in total. The molecule has 0 aliphatic carbocycles. The standard InChI is InChI=1S/C12H20N2O3/c1-9(10-7-13-8-10)12(16)14(2)6-4-5-11(15)17-3/h13H,4-8H2,1-3H3. The van der Waals surface area contributed by atoms with Crippen LogP contribution < -0.4 is 5.32 Å². The molecule has 0 unspecified atom stereocenters. The molecule has 0 atom stereocenters. The lowest BCUT2D eigenvalue weighted by atomic mass is 10.0. The van der Waals surface area contributed by atoms with Gasteiger partial charge in [0.05, 0.1) is 7.11 Å². The third-order valence-corrected chi connectivity index (χ3v) is 2.98. The van der Waals surface area contributed by atoms with Gasteiger partial charge in [-0.25, -0.2) is 0 Å². The summed E-state index contributed by atoms with van der Waals surface area (Å²) in [6, 6.07) is 0. The molecule has 1 fully saturated rings. The van der Waals surface area contributed by atoms with Crippen LogP contribution in [0, 0.1) is 0 Å². The van der Waals surface area contributed by atoms with Crippen molar-refractivity contribution in [3.8, 4) is 0 Å². The Morgan fingerprint density at radius 3 is 2.53 bits per heavy atom. The average molecular weight is 240 g/mol. The maximum Gasteiger partial charge on any atom is 0.305 e. The number of nitrogens with one attached hydrogen (secondary N) is 1. The highest BCUT2D eigenvalue weighted by Gasteiger charge is 2.18. The van der Waals surface area contributed by atoms with E-state index in [0.717, 1.165) is 18.7 Å². The highest BCUT2D eigenvalue weighted by atomic mass is 16.5. The fourth-order valence-electron chi connectivity index (χ4n) is 1.62. The Labute approximate surface area is 102 Å². The number of rotatable bonds is 5. The van der Waals surface area contributed by atoms with Gasteiger partial charge in [0, 0.05) is 38.7 Å². The fraction of sp³-hybridized carbons (Fsp3) is 0.667. The van der Waals surface area contributed by atoms with E-state index in [2.05, 4.69) is 10.1 Å². The lowest BCUT2D eigenvalue weighted by Crippen LogP contribution is -2.38. The summed E-state index contributed by atoms with van der Waals surface area (Å²) in [7, 11) is 3.13. The molecule has 96 valence electrons. The van der Waals surface area contributed by atoms with Crippen molar-refractivity contribution in [2.24, 2.45) is 0 Å². The molecule has 0 spiro atoms. The summed E-state index contributed by atoms with van der Waals surface area (Å²) in [6.45, 7) is 4.06. The highest BCUT2D eigenvalue weighted by molar-refractivity contribution is 5.93. The molecule has 5 heteroatoms. The molecule has 17 heavy (non-hydrogen) atoms. The number of ether oxygens (including phenoxy) is 1. The van der Waals surface area contributed by atoms with Gasteiger partial charge in [-0.05, 0) is 18.9 Å². The van der Waals surface area contributed by atoms with Gasteiger partial charge < -0.3 is 15.0 Å². The number of hydrogen-bond donors (Lipinski definition) is 1. The van der Waals surface area contributed by atoms with Gasteiger partial charge in [0.2, 0.25) is 5.91 Å². The minimum atomic E-state index is -0.232. The van der Waals surface area contributed by atoms with E-state index in [-0.39, 0.29) is 11.9 Å². The first-order valence-electron chi connectivity index (χ1n) is 5.78. The van der Waals surface area contributed by atoms with E-state index in [1.165, 1.54) is 12.7 Å². The van der Waals surface area contributed by atoms with Crippen molar-refractivity contribution in [1.29, 1.82) is 0 Å². The van der Waals surface area contributed by atoms with Crippen LogP contribution in [0.1, 0.15) is 19.8 Å². The van der Waals surface area contributed by atoms with Crippen molar-refractivity contribution >= 4 is 11.9 Å². The first-order valence-corrected chi connectivity index (χ1v) is 5.78. The van der Waals surface area contributed by atoms with Gasteiger partial charge in [0.25, 0.3) is 0 Å². The number of amides is 1. The summed E-state index contributed by atoms with van der Waals surface area (Å²) in [5.74, 6) is -0.185. The number of nitrogens with zero attached hydrogens (tertiary/aromatic N) is 1. The van der Waals surface area contributed by atoms with Gasteiger partial charge in [-0.1, -0.05) is 0 Å². The SMILES string of the molecule is COC(=O)CCCN(C)C(=O)C(C)=C1CNC1. The molecular weight excluding hydrogens is 220 g/mol. The van der Waals surface area contributed by atoms with E-state index in [9.17, 15) is 9.59 Å². The maximum absolute atomic E-state index is 11.9. The van der Waals surface area contributed by atoms with E-state index in [1.807, 2.05) is 6.92 Å². The molecule has 0 aromatic heterocycles. The highest BCUT2D eigenvalue weighted by Crippen LogP contribution is 2.11. The van der Waals surface area contributed by atoms with Crippen molar-refractivity contribution in [3.63, 3.8) is 0 Å². The van der Waals surface area contributed by atoms with Crippen LogP contribution in [0.2, 0.25) is 0 Å². The van der Waals surface area contributed by atoms with E-state index >= 15 is 0 Å². The number of carbonyl (C=O) groups is 2. The summed E-state index contributed by atoms with van der Waals surface area (Å²) in [5, 5.41) is 3.11. The average Bonchev–Trinajstić information content (AvgIpc) is 2.25. The first-order chi connectivity index (χ1) is 8.06. The van der Waals surface area contributed by atoms with E-state index < -0.39 is 0 Å². The largest absolute Gasteiger partial charge is 0.469 e. The first kappa shape index (κ1) is 13.7. The molecule has 1 aliphatic rings. The van der Waals surface area contributed by atoms with Crippen molar-refractivity contribution in [3.05, 3.63) is 11.1 Å². The van der Waals surface area contributed by atoms with E-state index in [1.54, 1.807) is 11.9 Å². The predicted octanol–water partition coefficient (Wildman–Crippen LogP) is 0.318. The number of esters is 1. The zero-order valence-corrected chi connectivity index (χ0v) is 10.7. The van der Waals surface area contributed by atoms with Crippen LogP contribution in [0.15, 0.2) is 11.1 Å². The summed E-state index contributed by atoms with van der Waals surface area (Å²) in [5.41, 5.74) is 2.00. The van der Waals surface area contributed by atoms with Crippen molar-refractivity contribution < 1.29 is 14.3 Å². The Morgan fingerprint density at radius 1 is 1.41 bits per heavy atom. The molecule has 0 bridgehead atoms. The second kappa shape index (κ2) is 6.39. The van der Waals surface area contributed by atoms with E-state index in [0.29, 0.717) is 19.4 Å². The number of hydrogen-bond acceptors (Lipinski definition) is 4. The van der Waals surface area contributed by atoms with Crippen molar-refractivity contribution in [1.82, 2.24) is 10.2 Å².